The number of benzene rings is 1. The maximum Gasteiger partial charge on any atom is 0.185 e. The Morgan fingerprint density at radius 1 is 1.00 bits per heavy atom. The monoisotopic (exact) mass is 209 g/mol. The minimum atomic E-state index is -0.00810. The fraction of sp³-hybridized carbons (Fsp3) is 0. The smallest absolute Gasteiger partial charge is 0.185 e. The largest absolute Gasteiger partial charge is 0.289 e. The lowest BCUT2D eigenvalue weighted by atomic mass is 10.1. The molecule has 0 fully saturated rings. The van der Waals surface area contributed by atoms with Crippen LogP contribution in [0.25, 0.3) is 6.08 Å². The fourth-order valence-corrected chi connectivity index (χ4v) is 1.33. The maximum absolute atomic E-state index is 11.7. The zero-order valence-corrected chi connectivity index (χ0v) is 8.71. The second-order valence-corrected chi connectivity index (χ2v) is 3.32. The Morgan fingerprint density at radius 3 is 2.44 bits per heavy atom. The predicted molar refractivity (Wildman–Crippen MR) is 64.0 cm³/mol. The molecule has 78 valence electrons. The van der Waals surface area contributed by atoms with Crippen molar-refractivity contribution in [2.75, 3.05) is 0 Å². The van der Waals surface area contributed by atoms with E-state index in [4.69, 9.17) is 0 Å². The lowest BCUT2D eigenvalue weighted by molar-refractivity contribution is 0.104. The molecular formula is C14H11NO. The SMILES string of the molecule is O=C(/C=C\c1ccccn1)c1ccccc1. The second-order valence-electron chi connectivity index (χ2n) is 3.32. The van der Waals surface area contributed by atoms with Gasteiger partial charge < -0.3 is 0 Å². The van der Waals surface area contributed by atoms with Crippen molar-refractivity contribution in [1.82, 2.24) is 4.98 Å². The van der Waals surface area contributed by atoms with Crippen LogP contribution in [0.15, 0.2) is 60.8 Å². The van der Waals surface area contributed by atoms with Gasteiger partial charge in [0.2, 0.25) is 0 Å². The van der Waals surface area contributed by atoms with Crippen molar-refractivity contribution < 1.29 is 4.79 Å². The molecule has 0 saturated carbocycles. The average Bonchev–Trinajstić information content (AvgIpc) is 2.38. The molecule has 0 unspecified atom stereocenters. The van der Waals surface area contributed by atoms with Crippen molar-refractivity contribution in [2.45, 2.75) is 0 Å². The minimum Gasteiger partial charge on any atom is -0.289 e. The highest BCUT2D eigenvalue weighted by Gasteiger charge is 1.98. The third kappa shape index (κ3) is 2.64. The molecule has 1 aromatic carbocycles. The molecule has 2 nitrogen and oxygen atoms in total. The third-order valence-electron chi connectivity index (χ3n) is 2.15. The molecule has 2 aromatic rings. The summed E-state index contributed by atoms with van der Waals surface area (Å²) in [6.45, 7) is 0. The lowest BCUT2D eigenvalue weighted by Crippen LogP contribution is -1.92. The molecule has 2 rings (SSSR count). The van der Waals surface area contributed by atoms with Crippen LogP contribution in [-0.2, 0) is 0 Å². The van der Waals surface area contributed by atoms with E-state index in [1.807, 2.05) is 36.4 Å². The van der Waals surface area contributed by atoms with E-state index < -0.39 is 0 Å². The molecule has 0 saturated heterocycles. The summed E-state index contributed by atoms with van der Waals surface area (Å²) in [5, 5.41) is 0. The summed E-state index contributed by atoms with van der Waals surface area (Å²) in [5.74, 6) is -0.00810. The first kappa shape index (κ1) is 10.3. The molecule has 0 amide bonds. The zero-order valence-electron chi connectivity index (χ0n) is 8.71. The van der Waals surface area contributed by atoms with Gasteiger partial charge in [-0.05, 0) is 24.3 Å². The summed E-state index contributed by atoms with van der Waals surface area (Å²) in [4.78, 5) is 15.8. The molecule has 0 aliphatic heterocycles. The van der Waals surface area contributed by atoms with E-state index in [0.29, 0.717) is 5.56 Å². The van der Waals surface area contributed by atoms with Crippen molar-refractivity contribution in [1.29, 1.82) is 0 Å². The quantitative estimate of drug-likeness (QED) is 0.574. The Balaban J connectivity index is 2.12. The molecule has 0 radical (unpaired) electrons. The number of rotatable bonds is 3. The molecule has 16 heavy (non-hydrogen) atoms. The number of carbonyl (C=O) groups excluding carboxylic acids is 1. The van der Waals surface area contributed by atoms with E-state index in [9.17, 15) is 4.79 Å². The number of aromatic nitrogens is 1. The van der Waals surface area contributed by atoms with Crippen molar-refractivity contribution in [3.63, 3.8) is 0 Å². The first-order valence-electron chi connectivity index (χ1n) is 5.05. The Kier molecular flexibility index (Phi) is 3.24. The second kappa shape index (κ2) is 5.03. The van der Waals surface area contributed by atoms with Crippen LogP contribution in [0.4, 0.5) is 0 Å². The molecule has 0 aliphatic carbocycles. The fourth-order valence-electron chi connectivity index (χ4n) is 1.33. The van der Waals surface area contributed by atoms with Crippen molar-refractivity contribution in [3.8, 4) is 0 Å². The van der Waals surface area contributed by atoms with E-state index in [1.165, 1.54) is 6.08 Å². The predicted octanol–water partition coefficient (Wildman–Crippen LogP) is 2.98. The van der Waals surface area contributed by atoms with Gasteiger partial charge in [-0.1, -0.05) is 36.4 Å². The summed E-state index contributed by atoms with van der Waals surface area (Å²) < 4.78 is 0. The average molecular weight is 209 g/mol. The number of carbonyl (C=O) groups is 1. The van der Waals surface area contributed by atoms with Gasteiger partial charge in [0.05, 0.1) is 5.69 Å². The summed E-state index contributed by atoms with van der Waals surface area (Å²) in [7, 11) is 0. The first-order valence-corrected chi connectivity index (χ1v) is 5.05. The Morgan fingerprint density at radius 2 is 1.75 bits per heavy atom. The Bertz CT molecular complexity index is 489. The maximum atomic E-state index is 11.7. The number of allylic oxidation sites excluding steroid dienone is 1. The van der Waals surface area contributed by atoms with Gasteiger partial charge in [0.15, 0.2) is 5.78 Å². The van der Waals surface area contributed by atoms with E-state index in [1.54, 1.807) is 24.4 Å². The Labute approximate surface area is 94.3 Å². The van der Waals surface area contributed by atoms with Gasteiger partial charge in [0.25, 0.3) is 0 Å². The topological polar surface area (TPSA) is 30.0 Å². The third-order valence-corrected chi connectivity index (χ3v) is 2.15. The van der Waals surface area contributed by atoms with Crippen molar-refractivity contribution >= 4 is 11.9 Å². The van der Waals surface area contributed by atoms with Crippen molar-refractivity contribution in [2.24, 2.45) is 0 Å². The zero-order chi connectivity index (χ0) is 11.2. The summed E-state index contributed by atoms with van der Waals surface area (Å²) in [6.07, 6.45) is 4.96. The van der Waals surface area contributed by atoms with Gasteiger partial charge in [0, 0.05) is 11.8 Å². The summed E-state index contributed by atoms with van der Waals surface area (Å²) in [6, 6.07) is 14.8. The number of pyridine rings is 1. The molecule has 2 heteroatoms. The molecule has 0 atom stereocenters. The van der Waals surface area contributed by atoms with Crippen LogP contribution in [0, 0.1) is 0 Å². The standard InChI is InChI=1S/C14H11NO/c16-14(12-6-2-1-3-7-12)10-9-13-8-4-5-11-15-13/h1-11H/b10-9-. The van der Waals surface area contributed by atoms with Gasteiger partial charge >= 0.3 is 0 Å². The van der Waals surface area contributed by atoms with Crippen LogP contribution in [0.5, 0.6) is 0 Å². The van der Waals surface area contributed by atoms with Crippen LogP contribution in [0.1, 0.15) is 16.1 Å². The van der Waals surface area contributed by atoms with Crippen LogP contribution in [0.2, 0.25) is 0 Å². The highest BCUT2D eigenvalue weighted by Crippen LogP contribution is 2.03. The number of nitrogens with zero attached hydrogens (tertiary/aromatic N) is 1. The van der Waals surface area contributed by atoms with Gasteiger partial charge in [-0.3, -0.25) is 9.78 Å². The molecule has 0 aliphatic rings. The first-order chi connectivity index (χ1) is 7.86. The normalized spacial score (nSPS) is 10.5. The van der Waals surface area contributed by atoms with Crippen molar-refractivity contribution in [3.05, 3.63) is 72.1 Å². The Hall–Kier alpha value is -2.22. The van der Waals surface area contributed by atoms with Crippen LogP contribution < -0.4 is 0 Å². The van der Waals surface area contributed by atoms with E-state index in [2.05, 4.69) is 4.98 Å². The summed E-state index contributed by atoms with van der Waals surface area (Å²) in [5.41, 5.74) is 1.47. The van der Waals surface area contributed by atoms with Gasteiger partial charge in [0.1, 0.15) is 0 Å². The van der Waals surface area contributed by atoms with Gasteiger partial charge in [-0.15, -0.1) is 0 Å². The minimum absolute atomic E-state index is 0.00810. The molecule has 0 spiro atoms. The highest BCUT2D eigenvalue weighted by molar-refractivity contribution is 6.06. The number of hydrogen-bond acceptors (Lipinski definition) is 2. The van der Waals surface area contributed by atoms with E-state index in [-0.39, 0.29) is 5.78 Å². The van der Waals surface area contributed by atoms with Gasteiger partial charge in [-0.2, -0.15) is 0 Å². The molecule has 0 N–H and O–H groups in total. The highest BCUT2D eigenvalue weighted by atomic mass is 16.1. The van der Waals surface area contributed by atoms with Crippen LogP contribution in [0.3, 0.4) is 0 Å². The molecular weight excluding hydrogens is 198 g/mol. The van der Waals surface area contributed by atoms with Crippen LogP contribution >= 0.6 is 0 Å². The lowest BCUT2D eigenvalue weighted by Gasteiger charge is -1.94. The summed E-state index contributed by atoms with van der Waals surface area (Å²) >= 11 is 0. The molecule has 1 aromatic heterocycles. The van der Waals surface area contributed by atoms with E-state index in [0.717, 1.165) is 5.69 Å². The number of hydrogen-bond donors (Lipinski definition) is 0. The molecule has 0 bridgehead atoms. The van der Waals surface area contributed by atoms with E-state index >= 15 is 0 Å². The van der Waals surface area contributed by atoms with Crippen LogP contribution in [-0.4, -0.2) is 10.8 Å². The van der Waals surface area contributed by atoms with Gasteiger partial charge in [-0.25, -0.2) is 0 Å². The number of ketones is 1. The molecule has 1 heterocycles.